The molecule has 0 spiro atoms. The van der Waals surface area contributed by atoms with Gasteiger partial charge in [-0.15, -0.1) is 0 Å². The van der Waals surface area contributed by atoms with Gasteiger partial charge in [-0.05, 0) is 35.9 Å². The number of carbonyl (C=O) groups is 1. The number of halogens is 3. The smallest absolute Gasteiger partial charge is 0.168 e. The number of carbonyl (C=O) groups excluding carboxylic acids is 1. The van der Waals surface area contributed by atoms with E-state index in [1.807, 2.05) is 6.07 Å². The van der Waals surface area contributed by atoms with Crippen LogP contribution in [-0.2, 0) is 6.42 Å². The number of benzene rings is 2. The summed E-state index contributed by atoms with van der Waals surface area (Å²) in [5.41, 5.74) is 1.15. The zero-order valence-electron chi connectivity index (χ0n) is 9.29. The van der Waals surface area contributed by atoms with E-state index in [4.69, 9.17) is 11.6 Å². The Labute approximate surface area is 118 Å². The standard InChI is InChI=1S/C14H9BrClFO/c15-13-5-4-11(17)8-12(13)14(18)7-9-2-1-3-10(16)6-9/h1-6,8H,7H2. The summed E-state index contributed by atoms with van der Waals surface area (Å²) in [6, 6.07) is 11.1. The summed E-state index contributed by atoms with van der Waals surface area (Å²) in [7, 11) is 0. The predicted octanol–water partition coefficient (Wildman–Crippen LogP) is 4.67. The Bertz CT molecular complexity index is 598. The second kappa shape index (κ2) is 5.63. The molecule has 0 bridgehead atoms. The van der Waals surface area contributed by atoms with E-state index in [9.17, 15) is 9.18 Å². The van der Waals surface area contributed by atoms with Gasteiger partial charge in [-0.2, -0.15) is 0 Å². The molecule has 0 aliphatic heterocycles. The summed E-state index contributed by atoms with van der Waals surface area (Å²) >= 11 is 9.10. The molecule has 0 aromatic heterocycles. The minimum atomic E-state index is -0.423. The Morgan fingerprint density at radius 1 is 1.22 bits per heavy atom. The predicted molar refractivity (Wildman–Crippen MR) is 73.6 cm³/mol. The maximum atomic E-state index is 13.1. The lowest BCUT2D eigenvalue weighted by molar-refractivity contribution is 0.0992. The minimum Gasteiger partial charge on any atom is -0.294 e. The molecule has 0 aliphatic rings. The van der Waals surface area contributed by atoms with Gasteiger partial charge in [0.1, 0.15) is 5.82 Å². The van der Waals surface area contributed by atoms with Crippen LogP contribution >= 0.6 is 27.5 Å². The molecule has 4 heteroatoms. The second-order valence-electron chi connectivity index (χ2n) is 3.85. The molecule has 92 valence electrons. The SMILES string of the molecule is O=C(Cc1cccc(Cl)c1)c1cc(F)ccc1Br. The van der Waals surface area contributed by atoms with Gasteiger partial charge in [-0.25, -0.2) is 4.39 Å². The zero-order chi connectivity index (χ0) is 13.1. The quantitative estimate of drug-likeness (QED) is 0.749. The van der Waals surface area contributed by atoms with Crippen LogP contribution in [0.15, 0.2) is 46.9 Å². The Kier molecular flexibility index (Phi) is 4.15. The molecule has 2 aromatic carbocycles. The first-order valence-corrected chi connectivity index (χ1v) is 6.46. The van der Waals surface area contributed by atoms with Gasteiger partial charge in [0.2, 0.25) is 0 Å². The summed E-state index contributed by atoms with van der Waals surface area (Å²) in [5.74, 6) is -0.573. The first kappa shape index (κ1) is 13.2. The zero-order valence-corrected chi connectivity index (χ0v) is 11.6. The molecule has 0 amide bonds. The van der Waals surface area contributed by atoms with Crippen molar-refractivity contribution in [2.75, 3.05) is 0 Å². The van der Waals surface area contributed by atoms with Gasteiger partial charge < -0.3 is 0 Å². The highest BCUT2D eigenvalue weighted by molar-refractivity contribution is 9.10. The minimum absolute atomic E-state index is 0.149. The van der Waals surface area contributed by atoms with Crippen LogP contribution < -0.4 is 0 Å². The third kappa shape index (κ3) is 3.18. The largest absolute Gasteiger partial charge is 0.294 e. The van der Waals surface area contributed by atoms with E-state index in [2.05, 4.69) is 15.9 Å². The van der Waals surface area contributed by atoms with Gasteiger partial charge >= 0.3 is 0 Å². The number of ketones is 1. The summed E-state index contributed by atoms with van der Waals surface area (Å²) in [6.07, 6.45) is 0.197. The molecule has 0 fully saturated rings. The summed E-state index contributed by atoms with van der Waals surface area (Å²) in [4.78, 5) is 12.1. The second-order valence-corrected chi connectivity index (χ2v) is 5.14. The Morgan fingerprint density at radius 2 is 2.00 bits per heavy atom. The van der Waals surface area contributed by atoms with E-state index in [0.717, 1.165) is 5.56 Å². The fourth-order valence-electron chi connectivity index (χ4n) is 1.64. The summed E-state index contributed by atoms with van der Waals surface area (Å²) in [5, 5.41) is 0.582. The van der Waals surface area contributed by atoms with E-state index in [1.54, 1.807) is 18.2 Å². The van der Waals surface area contributed by atoms with Crippen LogP contribution in [0.2, 0.25) is 5.02 Å². The van der Waals surface area contributed by atoms with Crippen molar-refractivity contribution in [3.05, 3.63) is 68.9 Å². The van der Waals surface area contributed by atoms with Gasteiger partial charge in [0.25, 0.3) is 0 Å². The number of rotatable bonds is 3. The average Bonchev–Trinajstić information content (AvgIpc) is 2.32. The van der Waals surface area contributed by atoms with Gasteiger partial charge in [-0.1, -0.05) is 39.7 Å². The molecular formula is C14H9BrClFO. The monoisotopic (exact) mass is 326 g/mol. The molecule has 1 nitrogen and oxygen atoms in total. The lowest BCUT2D eigenvalue weighted by atomic mass is 10.0. The topological polar surface area (TPSA) is 17.1 Å². The Hall–Kier alpha value is -1.19. The van der Waals surface area contributed by atoms with E-state index in [-0.39, 0.29) is 12.2 Å². The highest BCUT2D eigenvalue weighted by atomic mass is 79.9. The number of hydrogen-bond donors (Lipinski definition) is 0. The molecule has 0 unspecified atom stereocenters. The molecule has 0 N–H and O–H groups in total. The van der Waals surface area contributed by atoms with Crippen molar-refractivity contribution in [1.29, 1.82) is 0 Å². The summed E-state index contributed by atoms with van der Waals surface area (Å²) in [6.45, 7) is 0. The van der Waals surface area contributed by atoms with E-state index in [1.165, 1.54) is 18.2 Å². The lowest BCUT2D eigenvalue weighted by Crippen LogP contribution is -2.05. The Balaban J connectivity index is 2.24. The fraction of sp³-hybridized carbons (Fsp3) is 0.0714. The van der Waals surface area contributed by atoms with Crippen molar-refractivity contribution in [2.45, 2.75) is 6.42 Å². The van der Waals surface area contributed by atoms with Crippen LogP contribution in [0.4, 0.5) is 4.39 Å². The first-order chi connectivity index (χ1) is 8.56. The molecule has 0 aliphatic carbocycles. The molecule has 18 heavy (non-hydrogen) atoms. The molecule has 0 saturated carbocycles. The fourth-order valence-corrected chi connectivity index (χ4v) is 2.32. The molecular weight excluding hydrogens is 319 g/mol. The van der Waals surface area contributed by atoms with Crippen molar-refractivity contribution in [3.63, 3.8) is 0 Å². The van der Waals surface area contributed by atoms with Crippen LogP contribution in [0, 0.1) is 5.82 Å². The van der Waals surface area contributed by atoms with Gasteiger partial charge in [-0.3, -0.25) is 4.79 Å². The van der Waals surface area contributed by atoms with Gasteiger partial charge in [0, 0.05) is 21.5 Å². The number of hydrogen-bond acceptors (Lipinski definition) is 1. The normalized spacial score (nSPS) is 10.4. The molecule has 2 rings (SSSR count). The van der Waals surface area contributed by atoms with Crippen molar-refractivity contribution in [2.24, 2.45) is 0 Å². The molecule has 0 saturated heterocycles. The van der Waals surface area contributed by atoms with Crippen molar-refractivity contribution in [1.82, 2.24) is 0 Å². The van der Waals surface area contributed by atoms with Crippen molar-refractivity contribution >= 4 is 33.3 Å². The van der Waals surface area contributed by atoms with Crippen LogP contribution in [0.3, 0.4) is 0 Å². The maximum Gasteiger partial charge on any atom is 0.168 e. The number of Topliss-reactive ketones (excluding diaryl/α,β-unsaturated/α-hetero) is 1. The average molecular weight is 328 g/mol. The van der Waals surface area contributed by atoms with E-state index >= 15 is 0 Å². The lowest BCUT2D eigenvalue weighted by Gasteiger charge is -2.04. The van der Waals surface area contributed by atoms with E-state index in [0.29, 0.717) is 15.1 Å². The highest BCUT2D eigenvalue weighted by Gasteiger charge is 2.12. The molecule has 0 heterocycles. The van der Waals surface area contributed by atoms with Gasteiger partial charge in [0.05, 0.1) is 0 Å². The molecule has 2 aromatic rings. The van der Waals surface area contributed by atoms with Crippen LogP contribution in [-0.4, -0.2) is 5.78 Å². The first-order valence-electron chi connectivity index (χ1n) is 5.29. The maximum absolute atomic E-state index is 13.1. The van der Waals surface area contributed by atoms with E-state index < -0.39 is 5.82 Å². The third-order valence-electron chi connectivity index (χ3n) is 2.48. The van der Waals surface area contributed by atoms with Crippen molar-refractivity contribution < 1.29 is 9.18 Å². The van der Waals surface area contributed by atoms with Crippen LogP contribution in [0.5, 0.6) is 0 Å². The molecule has 0 atom stereocenters. The Morgan fingerprint density at radius 3 is 2.72 bits per heavy atom. The highest BCUT2D eigenvalue weighted by Crippen LogP contribution is 2.20. The van der Waals surface area contributed by atoms with Crippen LogP contribution in [0.1, 0.15) is 15.9 Å². The van der Waals surface area contributed by atoms with Gasteiger partial charge in [0.15, 0.2) is 5.78 Å². The van der Waals surface area contributed by atoms with Crippen LogP contribution in [0.25, 0.3) is 0 Å². The summed E-state index contributed by atoms with van der Waals surface area (Å²) < 4.78 is 13.7. The van der Waals surface area contributed by atoms with Crippen molar-refractivity contribution in [3.8, 4) is 0 Å². The third-order valence-corrected chi connectivity index (χ3v) is 3.41. The molecule has 0 radical (unpaired) electrons.